The highest BCUT2D eigenvalue weighted by Gasteiger charge is 2.42. The van der Waals surface area contributed by atoms with E-state index in [2.05, 4.69) is 10.3 Å². The van der Waals surface area contributed by atoms with Gasteiger partial charge in [-0.25, -0.2) is 19.7 Å². The monoisotopic (exact) mass is 478 g/mol. The summed E-state index contributed by atoms with van der Waals surface area (Å²) in [6.45, 7) is 0.568. The molecule has 6 rings (SSSR count). The number of nitrogens with zero attached hydrogens (tertiary/aromatic N) is 4. The first-order chi connectivity index (χ1) is 17.5. The zero-order valence-corrected chi connectivity index (χ0v) is 19.1. The van der Waals surface area contributed by atoms with Crippen LogP contribution in [-0.2, 0) is 10.3 Å². The van der Waals surface area contributed by atoms with E-state index in [1.165, 1.54) is 0 Å². The van der Waals surface area contributed by atoms with Crippen LogP contribution in [0.2, 0.25) is 0 Å². The number of pyridine rings is 2. The third-order valence-corrected chi connectivity index (χ3v) is 6.37. The van der Waals surface area contributed by atoms with E-state index >= 15 is 0 Å². The number of hydrogen-bond acceptors (Lipinski definition) is 6. The molecule has 1 aliphatic heterocycles. The molecule has 1 saturated heterocycles. The number of aromatic nitrogens is 4. The van der Waals surface area contributed by atoms with Crippen LogP contribution in [0, 0.1) is 0 Å². The molecule has 4 N–H and O–H groups in total. The standard InChI is InChI=1S/C27H22N6O3/c28-23-20(7-4-14-29-23)24-31-22-13-12-21(17-5-2-1-3-6-17)30-25(22)33(24)19-10-8-18(9-11-19)27(15-36-16-27)32-26(34)35/h1-14,32H,15-16H2,(H2,28,29)(H,34,35). The first-order valence-corrected chi connectivity index (χ1v) is 11.4. The van der Waals surface area contributed by atoms with Crippen molar-refractivity contribution in [2.45, 2.75) is 5.54 Å². The van der Waals surface area contributed by atoms with Gasteiger partial charge in [-0.05, 0) is 42.0 Å². The van der Waals surface area contributed by atoms with Crippen LogP contribution in [0.3, 0.4) is 0 Å². The number of nitrogens with two attached hydrogens (primary N) is 1. The number of nitrogens with one attached hydrogen (secondary N) is 1. The molecule has 0 aliphatic carbocycles. The first-order valence-electron chi connectivity index (χ1n) is 11.4. The van der Waals surface area contributed by atoms with Crippen LogP contribution in [0.4, 0.5) is 10.6 Å². The summed E-state index contributed by atoms with van der Waals surface area (Å²) >= 11 is 0. The number of amides is 1. The van der Waals surface area contributed by atoms with E-state index in [1.807, 2.05) is 83.4 Å². The van der Waals surface area contributed by atoms with Gasteiger partial charge in [0.1, 0.15) is 16.9 Å². The second-order valence-electron chi connectivity index (χ2n) is 8.66. The summed E-state index contributed by atoms with van der Waals surface area (Å²) in [5.74, 6) is 0.983. The van der Waals surface area contributed by atoms with Gasteiger partial charge in [-0.2, -0.15) is 0 Å². The zero-order chi connectivity index (χ0) is 24.7. The van der Waals surface area contributed by atoms with Crippen LogP contribution < -0.4 is 11.1 Å². The fraction of sp³-hybridized carbons (Fsp3) is 0.111. The van der Waals surface area contributed by atoms with Gasteiger partial charge in [0.2, 0.25) is 0 Å². The average Bonchev–Trinajstić information content (AvgIpc) is 3.25. The van der Waals surface area contributed by atoms with Crippen molar-refractivity contribution in [2.24, 2.45) is 0 Å². The Balaban J connectivity index is 1.53. The van der Waals surface area contributed by atoms with Crippen molar-refractivity contribution >= 4 is 23.1 Å². The molecule has 36 heavy (non-hydrogen) atoms. The molecule has 0 unspecified atom stereocenters. The van der Waals surface area contributed by atoms with E-state index in [0.717, 1.165) is 22.5 Å². The number of imidazole rings is 1. The molecule has 178 valence electrons. The topological polar surface area (TPSA) is 128 Å². The molecule has 0 radical (unpaired) electrons. The molecule has 3 aromatic heterocycles. The second kappa shape index (κ2) is 8.47. The fourth-order valence-electron chi connectivity index (χ4n) is 4.51. The number of hydrogen-bond donors (Lipinski definition) is 3. The van der Waals surface area contributed by atoms with Crippen molar-refractivity contribution < 1.29 is 14.6 Å². The Morgan fingerprint density at radius 3 is 2.42 bits per heavy atom. The van der Waals surface area contributed by atoms with Crippen LogP contribution >= 0.6 is 0 Å². The number of anilines is 1. The van der Waals surface area contributed by atoms with Crippen LogP contribution in [0.1, 0.15) is 5.56 Å². The van der Waals surface area contributed by atoms with Crippen molar-refractivity contribution in [3.8, 4) is 28.3 Å². The lowest BCUT2D eigenvalue weighted by Gasteiger charge is -2.41. The van der Waals surface area contributed by atoms with Crippen molar-refractivity contribution in [1.29, 1.82) is 0 Å². The van der Waals surface area contributed by atoms with E-state index in [4.69, 9.17) is 20.4 Å². The number of benzene rings is 2. The van der Waals surface area contributed by atoms with E-state index < -0.39 is 11.6 Å². The average molecular weight is 479 g/mol. The lowest BCUT2D eigenvalue weighted by atomic mass is 9.88. The minimum absolute atomic E-state index is 0.284. The molecule has 0 spiro atoms. The summed E-state index contributed by atoms with van der Waals surface area (Å²) in [6, 6.07) is 25.2. The van der Waals surface area contributed by atoms with Crippen molar-refractivity contribution in [3.63, 3.8) is 0 Å². The Labute approximate surface area is 206 Å². The Bertz CT molecular complexity index is 1580. The van der Waals surface area contributed by atoms with Gasteiger partial charge < -0.3 is 20.9 Å². The number of fused-ring (bicyclic) bond motifs is 1. The smallest absolute Gasteiger partial charge is 0.405 e. The third kappa shape index (κ3) is 3.62. The molecular weight excluding hydrogens is 456 g/mol. The molecule has 1 fully saturated rings. The van der Waals surface area contributed by atoms with Gasteiger partial charge in [0.15, 0.2) is 11.5 Å². The highest BCUT2D eigenvalue weighted by Crippen LogP contribution is 2.34. The summed E-state index contributed by atoms with van der Waals surface area (Å²) < 4.78 is 7.28. The number of carboxylic acid groups (broad SMARTS) is 1. The van der Waals surface area contributed by atoms with Crippen molar-refractivity contribution in [2.75, 3.05) is 18.9 Å². The Morgan fingerprint density at radius 1 is 0.972 bits per heavy atom. The van der Waals surface area contributed by atoms with Gasteiger partial charge in [-0.3, -0.25) is 4.57 Å². The fourth-order valence-corrected chi connectivity index (χ4v) is 4.51. The van der Waals surface area contributed by atoms with Crippen LogP contribution in [0.5, 0.6) is 0 Å². The van der Waals surface area contributed by atoms with Crippen LogP contribution in [0.15, 0.2) is 85.1 Å². The van der Waals surface area contributed by atoms with Gasteiger partial charge in [-0.1, -0.05) is 42.5 Å². The van der Waals surface area contributed by atoms with Crippen molar-refractivity contribution in [3.05, 3.63) is 90.6 Å². The second-order valence-corrected chi connectivity index (χ2v) is 8.66. The van der Waals surface area contributed by atoms with Gasteiger partial charge in [-0.15, -0.1) is 0 Å². The van der Waals surface area contributed by atoms with E-state index in [0.29, 0.717) is 28.4 Å². The largest absolute Gasteiger partial charge is 0.465 e. The predicted octanol–water partition coefficient (Wildman–Crippen LogP) is 4.22. The summed E-state index contributed by atoms with van der Waals surface area (Å²) in [5.41, 5.74) is 11.0. The zero-order valence-electron chi connectivity index (χ0n) is 19.1. The summed E-state index contributed by atoms with van der Waals surface area (Å²) in [6.07, 6.45) is 0.553. The van der Waals surface area contributed by atoms with E-state index in [1.54, 1.807) is 6.20 Å². The third-order valence-electron chi connectivity index (χ3n) is 6.37. The molecule has 9 nitrogen and oxygen atoms in total. The minimum Gasteiger partial charge on any atom is -0.465 e. The van der Waals surface area contributed by atoms with Gasteiger partial charge >= 0.3 is 6.09 Å². The summed E-state index contributed by atoms with van der Waals surface area (Å²) in [4.78, 5) is 25.4. The molecule has 1 amide bonds. The van der Waals surface area contributed by atoms with Crippen LogP contribution in [0.25, 0.3) is 39.5 Å². The molecule has 9 heteroatoms. The molecule has 0 atom stereocenters. The maximum atomic E-state index is 11.4. The van der Waals surface area contributed by atoms with Crippen LogP contribution in [-0.4, -0.2) is 43.9 Å². The number of carbonyl (C=O) groups is 1. The van der Waals surface area contributed by atoms with E-state index in [9.17, 15) is 9.90 Å². The van der Waals surface area contributed by atoms with E-state index in [-0.39, 0.29) is 13.2 Å². The maximum Gasteiger partial charge on any atom is 0.405 e. The highest BCUT2D eigenvalue weighted by molar-refractivity contribution is 5.84. The number of rotatable bonds is 5. The normalized spacial score (nSPS) is 14.3. The maximum absolute atomic E-state index is 11.4. The lowest BCUT2D eigenvalue weighted by molar-refractivity contribution is -0.0743. The van der Waals surface area contributed by atoms with Gasteiger partial charge in [0, 0.05) is 17.4 Å². The SMILES string of the molecule is Nc1ncccc1-c1nc2ccc(-c3ccccc3)nc2n1-c1ccc(C2(NC(=O)O)COC2)cc1. The predicted molar refractivity (Wildman–Crippen MR) is 136 cm³/mol. The minimum atomic E-state index is -1.09. The number of ether oxygens (including phenoxy) is 1. The van der Waals surface area contributed by atoms with Crippen molar-refractivity contribution in [1.82, 2.24) is 24.8 Å². The Morgan fingerprint density at radius 2 is 1.75 bits per heavy atom. The Hall–Kier alpha value is -4.76. The summed E-state index contributed by atoms with van der Waals surface area (Å²) in [5, 5.41) is 11.9. The molecule has 1 aliphatic rings. The van der Waals surface area contributed by atoms with Gasteiger partial charge in [0.25, 0.3) is 0 Å². The molecule has 4 heterocycles. The Kier molecular flexibility index (Phi) is 5.12. The number of nitrogen functional groups attached to an aromatic ring is 1. The van der Waals surface area contributed by atoms with Gasteiger partial charge in [0.05, 0.1) is 24.5 Å². The summed E-state index contributed by atoms with van der Waals surface area (Å²) in [7, 11) is 0. The molecule has 0 bridgehead atoms. The molecule has 0 saturated carbocycles. The molecule has 5 aromatic rings. The quantitative estimate of drug-likeness (QED) is 0.345. The lowest BCUT2D eigenvalue weighted by Crippen LogP contribution is -2.59. The first kappa shape index (κ1) is 21.8. The highest BCUT2D eigenvalue weighted by atomic mass is 16.5. The molecule has 2 aromatic carbocycles. The molecular formula is C27H22N6O3.